The maximum atomic E-state index is 12.1. The highest BCUT2D eigenvalue weighted by Crippen LogP contribution is 2.34. The summed E-state index contributed by atoms with van der Waals surface area (Å²) in [5.41, 5.74) is 0. The monoisotopic (exact) mass is 580 g/mol. The summed E-state index contributed by atoms with van der Waals surface area (Å²) in [6.07, 6.45) is -13.7. The molecule has 2 amide bonds. The van der Waals surface area contributed by atoms with Crippen LogP contribution in [-0.2, 0) is 33.3 Å². The zero-order valence-electron chi connectivity index (χ0n) is 23.3. The predicted octanol–water partition coefficient (Wildman–Crippen LogP) is -3.52. The van der Waals surface area contributed by atoms with Crippen molar-refractivity contribution in [3.05, 3.63) is 0 Å². The molecule has 40 heavy (non-hydrogen) atoms. The molecular formula is C25H44N2O13. The second-order valence-electron chi connectivity index (χ2n) is 10.7. The fraction of sp³-hybridized carbons (Fsp3) is 0.920. The largest absolute Gasteiger partial charge is 0.394 e. The van der Waals surface area contributed by atoms with Crippen LogP contribution in [-0.4, -0.2) is 141 Å². The summed E-state index contributed by atoms with van der Waals surface area (Å²) in [6.45, 7) is 6.26. The number of hydrogen-bond donors (Lipinski definition) is 8. The van der Waals surface area contributed by atoms with Crippen LogP contribution in [0.4, 0.5) is 0 Å². The fourth-order valence-electron chi connectivity index (χ4n) is 5.51. The first-order valence-electron chi connectivity index (χ1n) is 13.6. The van der Waals surface area contributed by atoms with Gasteiger partial charge in [0.15, 0.2) is 12.6 Å². The molecule has 3 fully saturated rings. The summed E-state index contributed by atoms with van der Waals surface area (Å²) < 4.78 is 29.3. The first kappa shape index (κ1) is 33.0. The fourth-order valence-corrected chi connectivity index (χ4v) is 5.51. The van der Waals surface area contributed by atoms with Gasteiger partial charge in [-0.1, -0.05) is 13.8 Å². The zero-order chi connectivity index (χ0) is 29.9. The van der Waals surface area contributed by atoms with Gasteiger partial charge in [0.2, 0.25) is 11.8 Å². The van der Waals surface area contributed by atoms with Gasteiger partial charge >= 0.3 is 0 Å². The van der Waals surface area contributed by atoms with E-state index < -0.39 is 117 Å². The molecule has 3 aliphatic rings. The normalized spacial score (nSPS) is 46.0. The Morgan fingerprint density at radius 3 is 1.70 bits per heavy atom. The molecule has 0 bridgehead atoms. The van der Waals surface area contributed by atoms with Gasteiger partial charge < -0.3 is 65.0 Å². The van der Waals surface area contributed by atoms with E-state index in [4.69, 9.17) is 23.7 Å². The van der Waals surface area contributed by atoms with E-state index in [1.165, 1.54) is 13.8 Å². The molecule has 0 saturated carbocycles. The number of carbonyl (C=O) groups is 2. The lowest BCUT2D eigenvalue weighted by atomic mass is 9.89. The van der Waals surface area contributed by atoms with Gasteiger partial charge in [-0.15, -0.1) is 0 Å². The van der Waals surface area contributed by atoms with Gasteiger partial charge in [-0.05, 0) is 13.3 Å². The first-order chi connectivity index (χ1) is 18.8. The second kappa shape index (κ2) is 14.1. The van der Waals surface area contributed by atoms with Crippen LogP contribution in [0.15, 0.2) is 0 Å². The van der Waals surface area contributed by atoms with Crippen molar-refractivity contribution in [1.29, 1.82) is 0 Å². The molecule has 15 nitrogen and oxygen atoms in total. The predicted molar refractivity (Wildman–Crippen MR) is 134 cm³/mol. The Balaban J connectivity index is 1.85. The molecule has 232 valence electrons. The van der Waals surface area contributed by atoms with Crippen molar-refractivity contribution in [2.75, 3.05) is 13.2 Å². The van der Waals surface area contributed by atoms with E-state index in [-0.39, 0.29) is 0 Å². The first-order valence-corrected chi connectivity index (χ1v) is 13.6. The molecule has 0 aromatic rings. The average Bonchev–Trinajstić information content (AvgIpc) is 2.90. The third-order valence-electron chi connectivity index (χ3n) is 7.77. The Morgan fingerprint density at radius 2 is 1.18 bits per heavy atom. The number of rotatable bonds is 9. The van der Waals surface area contributed by atoms with Gasteiger partial charge in [0, 0.05) is 19.8 Å². The Morgan fingerprint density at radius 1 is 0.700 bits per heavy atom. The summed E-state index contributed by atoms with van der Waals surface area (Å²) in [5.74, 6) is -1.62. The van der Waals surface area contributed by atoms with E-state index in [2.05, 4.69) is 10.6 Å². The van der Waals surface area contributed by atoms with Crippen LogP contribution in [0.5, 0.6) is 0 Å². The molecule has 0 aliphatic carbocycles. The molecule has 3 heterocycles. The molecule has 15 heteroatoms. The standard InChI is InChI=1S/C25H44N2O13/c1-6-13-18(32)9(2)19(33)25(37-13)40-23-15(8-29)38-24(17(21(23)35)27-12(5)31)39-22-14(7-28)36-10(3)16(20(22)34)26-11(4)30/h9-10,13-25,28-29,32-35H,6-8H2,1-5H3,(H,26,30)(H,27,31). The van der Waals surface area contributed by atoms with E-state index in [1.807, 2.05) is 0 Å². The summed E-state index contributed by atoms with van der Waals surface area (Å²) in [7, 11) is 0. The van der Waals surface area contributed by atoms with Crippen molar-refractivity contribution < 1.29 is 63.9 Å². The van der Waals surface area contributed by atoms with Gasteiger partial charge in [-0.2, -0.15) is 0 Å². The van der Waals surface area contributed by atoms with Crippen LogP contribution < -0.4 is 10.6 Å². The van der Waals surface area contributed by atoms with Crippen LogP contribution in [0.25, 0.3) is 0 Å². The van der Waals surface area contributed by atoms with Crippen molar-refractivity contribution in [3.8, 4) is 0 Å². The van der Waals surface area contributed by atoms with Crippen LogP contribution in [0, 0.1) is 5.92 Å². The van der Waals surface area contributed by atoms with E-state index >= 15 is 0 Å². The maximum Gasteiger partial charge on any atom is 0.217 e. The molecule has 15 atom stereocenters. The van der Waals surface area contributed by atoms with E-state index in [0.29, 0.717) is 6.42 Å². The second-order valence-corrected chi connectivity index (χ2v) is 10.7. The summed E-state index contributed by atoms with van der Waals surface area (Å²) in [6, 6.07) is -2.21. The number of nitrogens with one attached hydrogen (secondary N) is 2. The Hall–Kier alpha value is -1.50. The van der Waals surface area contributed by atoms with Crippen LogP contribution in [0.1, 0.15) is 41.0 Å². The highest BCUT2D eigenvalue weighted by atomic mass is 16.7. The van der Waals surface area contributed by atoms with Crippen LogP contribution in [0.3, 0.4) is 0 Å². The minimum atomic E-state index is -1.57. The minimum Gasteiger partial charge on any atom is -0.394 e. The van der Waals surface area contributed by atoms with Crippen molar-refractivity contribution in [2.45, 2.75) is 127 Å². The lowest BCUT2D eigenvalue weighted by Crippen LogP contribution is -2.69. The number of hydrogen-bond acceptors (Lipinski definition) is 13. The number of carbonyl (C=O) groups excluding carboxylic acids is 2. The van der Waals surface area contributed by atoms with E-state index in [9.17, 15) is 40.2 Å². The van der Waals surface area contributed by atoms with Crippen LogP contribution in [0.2, 0.25) is 0 Å². The zero-order valence-corrected chi connectivity index (χ0v) is 23.3. The molecule has 15 unspecified atom stereocenters. The lowest BCUT2D eigenvalue weighted by molar-refractivity contribution is -0.352. The average molecular weight is 581 g/mol. The molecule has 0 spiro atoms. The SMILES string of the molecule is CCC1OC(OC2C(CO)OC(OC3C(CO)OC(C)C(NC(C)=O)C3O)C(NC(C)=O)C2O)C(O)C(C)C1O. The maximum absolute atomic E-state index is 12.1. The third-order valence-corrected chi connectivity index (χ3v) is 7.77. The van der Waals surface area contributed by atoms with Crippen molar-refractivity contribution in [3.63, 3.8) is 0 Å². The number of amides is 2. The molecular weight excluding hydrogens is 536 g/mol. The van der Waals surface area contributed by atoms with E-state index in [0.717, 1.165) is 0 Å². The summed E-state index contributed by atoms with van der Waals surface area (Å²) >= 11 is 0. The molecule has 0 aromatic carbocycles. The number of aliphatic hydroxyl groups excluding tert-OH is 6. The van der Waals surface area contributed by atoms with Gasteiger partial charge in [0.05, 0.1) is 37.6 Å². The van der Waals surface area contributed by atoms with Crippen LogP contribution >= 0.6 is 0 Å². The molecule has 3 rings (SSSR count). The minimum absolute atomic E-state index is 0.422. The topological polar surface area (TPSA) is 226 Å². The quantitative estimate of drug-likeness (QED) is 0.133. The Bertz CT molecular complexity index is 850. The van der Waals surface area contributed by atoms with Crippen molar-refractivity contribution in [1.82, 2.24) is 10.6 Å². The lowest BCUT2D eigenvalue weighted by Gasteiger charge is -2.49. The highest BCUT2D eigenvalue weighted by molar-refractivity contribution is 5.73. The molecule has 3 aliphatic heterocycles. The third kappa shape index (κ3) is 7.10. The van der Waals surface area contributed by atoms with Gasteiger partial charge in [-0.25, -0.2) is 0 Å². The summed E-state index contributed by atoms with van der Waals surface area (Å²) in [4.78, 5) is 23.8. The Labute approximate surface area is 232 Å². The molecule has 8 N–H and O–H groups in total. The van der Waals surface area contributed by atoms with Gasteiger partial charge in [-0.3, -0.25) is 9.59 Å². The number of aliphatic hydroxyl groups is 6. The summed E-state index contributed by atoms with van der Waals surface area (Å²) in [5, 5.41) is 68.6. The molecule has 0 radical (unpaired) electrons. The van der Waals surface area contributed by atoms with E-state index in [1.54, 1.807) is 20.8 Å². The Kier molecular flexibility index (Phi) is 11.6. The van der Waals surface area contributed by atoms with Crippen molar-refractivity contribution in [2.24, 2.45) is 5.92 Å². The molecule has 0 aromatic heterocycles. The van der Waals surface area contributed by atoms with Gasteiger partial charge in [0.25, 0.3) is 0 Å². The molecule has 3 saturated heterocycles. The highest BCUT2D eigenvalue weighted by Gasteiger charge is 2.53. The van der Waals surface area contributed by atoms with Gasteiger partial charge in [0.1, 0.15) is 48.8 Å². The smallest absolute Gasteiger partial charge is 0.217 e. The number of ether oxygens (including phenoxy) is 5. The van der Waals surface area contributed by atoms with Crippen molar-refractivity contribution >= 4 is 11.8 Å².